The van der Waals surface area contributed by atoms with Crippen LogP contribution in [0.1, 0.15) is 91.3 Å². The Bertz CT molecular complexity index is 5090. The molecule has 0 saturated carbocycles. The third-order valence-electron chi connectivity index (χ3n) is 21.0. The summed E-state index contributed by atoms with van der Waals surface area (Å²) in [5.74, 6) is 0. The van der Waals surface area contributed by atoms with Crippen LogP contribution < -0.4 is 27.0 Å². The molecule has 4 aromatic heterocycles. The van der Waals surface area contributed by atoms with Crippen molar-refractivity contribution in [1.29, 1.82) is 0 Å². The van der Waals surface area contributed by atoms with Gasteiger partial charge in [-0.05, 0) is 156 Å². The van der Waals surface area contributed by atoms with Crippen LogP contribution in [-0.4, -0.2) is 111 Å². The van der Waals surface area contributed by atoms with Gasteiger partial charge in [-0.1, -0.05) is 261 Å². The molecule has 0 bridgehead atoms. The van der Waals surface area contributed by atoms with Gasteiger partial charge in [-0.3, -0.25) is 9.80 Å². The quantitative estimate of drug-likeness (QED) is 0.0118. The molecule has 18 heteroatoms. The van der Waals surface area contributed by atoms with Crippen molar-refractivity contribution < 1.29 is 29.4 Å². The van der Waals surface area contributed by atoms with Gasteiger partial charge in [0.15, 0.2) is 0 Å². The number of unbranched alkanes of at least 4 members (excludes halogenated alkanes) is 4. The normalized spacial score (nSPS) is 12.9. The van der Waals surface area contributed by atoms with Gasteiger partial charge >= 0.3 is 21.4 Å². The Kier molecular flexibility index (Phi) is 26.2. The number of alkyl halides is 1. The first-order valence-electron chi connectivity index (χ1n) is 38.6. The van der Waals surface area contributed by atoms with Crippen molar-refractivity contribution >= 4 is 141 Å². The summed E-state index contributed by atoms with van der Waals surface area (Å²) in [5, 5.41) is 58.7. The fourth-order valence-corrected chi connectivity index (χ4v) is 15.9. The fourth-order valence-electron chi connectivity index (χ4n) is 15.4. The van der Waals surface area contributed by atoms with Crippen LogP contribution in [0.4, 0.5) is 0 Å². The topological polar surface area (TPSA) is 181 Å². The first kappa shape index (κ1) is 77.1. The monoisotopic (exact) mass is 1520 g/mol. The molecular weight excluding hydrogens is 1430 g/mol. The molecule has 11 aromatic carbocycles. The molecule has 14 nitrogen and oxygen atoms in total. The number of aromatic nitrogens is 4. The molecule has 1 aliphatic heterocycles. The van der Waals surface area contributed by atoms with Gasteiger partial charge in [0, 0.05) is 106 Å². The molecule has 110 heavy (non-hydrogen) atoms. The zero-order valence-corrected chi connectivity index (χ0v) is 64.3. The number of fused-ring (bicyclic) bond motifs is 8. The fraction of sp³-hybridized carbons (Fsp3) is 0.239. The van der Waals surface area contributed by atoms with Crippen LogP contribution in [0.25, 0.3) is 87.2 Å². The van der Waals surface area contributed by atoms with Gasteiger partial charge in [0.1, 0.15) is 0 Å². The highest BCUT2D eigenvalue weighted by Crippen LogP contribution is 2.33. The van der Waals surface area contributed by atoms with Crippen molar-refractivity contribution in [2.45, 2.75) is 97.0 Å². The predicted octanol–water partition coefficient (Wildman–Crippen LogP) is 15.8. The van der Waals surface area contributed by atoms with Gasteiger partial charge in [-0.2, -0.15) is 0 Å². The summed E-state index contributed by atoms with van der Waals surface area (Å²) >= 11 is 3.49. The summed E-state index contributed by atoms with van der Waals surface area (Å²) in [5.41, 5.74) is 18.5. The number of pyridine rings is 4. The number of rotatable bonds is 28. The molecular formula is C92H94B3BrN8O6. The van der Waals surface area contributed by atoms with Crippen molar-refractivity contribution in [3.05, 3.63) is 306 Å². The van der Waals surface area contributed by atoms with Gasteiger partial charge < -0.3 is 40.0 Å². The van der Waals surface area contributed by atoms with Crippen LogP contribution in [0.2, 0.25) is 0 Å². The SMILES string of the molecule is CC1(C)COB(c2ccccc2CBr)OC1.OB(O)c1ccccc1CN(CCCCCN(Cc1ccccc1B(O)O)Cc1c2ccccc2nc2ccccc12)Cc1c2ccccc2nc2ccccc12.c1ccc2c(CNCCCCCNCc3c4ccccc4nc4ccccc34)c3ccccc3nc2c1. The van der Waals surface area contributed by atoms with E-state index in [0.717, 1.165) is 159 Å². The molecule has 554 valence electrons. The Labute approximate surface area is 654 Å². The molecule has 0 atom stereocenters. The van der Waals surface area contributed by atoms with Crippen LogP contribution >= 0.6 is 15.9 Å². The standard InChI is InChI=1S/C47H46B2N4O4.C33H32N4.C12H16BBrO2/c54-48(55)42-22-8-2-16-34(42)30-52(32-40-36-18-4-10-24-44(36)50-45-25-11-5-19-37(40)45)28-14-1-15-29-53(31-35-17-3-9-23-43(35)49(56)57)33-41-38-20-6-12-26-46(38)51-47-27-13-7-21-39(41)47;1(10-20-34-22-28-24-12-2-6-16-30(24)36-31-17-7-3-13-25(28)31)11-21-35-23-29-26-14-4-8-18-32(26)37-33-19-9-5-15-27(29)33;1-12(2)8-15-13(16-9-12)11-6-4-3-5-10(11)7-14/h2-13,16-27,54-57H,1,14-15,28-33H2;2-9,12-19,34-35H,1,10-11,20-23H2;3-6H,7-9H2,1-2H3. The number of nitrogens with zero attached hydrogens (tertiary/aromatic N) is 6. The van der Waals surface area contributed by atoms with Gasteiger partial charge in [0.2, 0.25) is 0 Å². The van der Waals surface area contributed by atoms with E-state index in [2.05, 4.69) is 232 Å². The maximum atomic E-state index is 10.3. The molecule has 5 heterocycles. The zero-order valence-electron chi connectivity index (χ0n) is 62.7. The Morgan fingerprint density at radius 3 is 0.964 bits per heavy atom. The number of nitrogens with one attached hydrogen (secondary N) is 2. The second-order valence-corrected chi connectivity index (χ2v) is 30.1. The summed E-state index contributed by atoms with van der Waals surface area (Å²) in [7, 11) is -3.31. The Balaban J connectivity index is 0.000000161. The minimum Gasteiger partial charge on any atom is -0.423 e. The largest absolute Gasteiger partial charge is 0.494 e. The van der Waals surface area contributed by atoms with E-state index in [1.807, 2.05) is 72.8 Å². The van der Waals surface area contributed by atoms with Crippen molar-refractivity contribution in [3.63, 3.8) is 0 Å². The van der Waals surface area contributed by atoms with E-state index in [0.29, 0.717) is 37.1 Å². The van der Waals surface area contributed by atoms with Gasteiger partial charge in [-0.25, -0.2) is 19.9 Å². The highest BCUT2D eigenvalue weighted by atomic mass is 79.9. The zero-order chi connectivity index (χ0) is 75.6. The number of benzene rings is 11. The number of halogens is 1. The minimum atomic E-state index is -1.55. The molecule has 6 N–H and O–H groups in total. The highest BCUT2D eigenvalue weighted by Gasteiger charge is 2.34. The average molecular weight is 1520 g/mol. The Morgan fingerprint density at radius 1 is 0.355 bits per heavy atom. The van der Waals surface area contributed by atoms with Crippen molar-refractivity contribution in [3.8, 4) is 0 Å². The molecule has 0 aliphatic carbocycles. The molecule has 1 saturated heterocycles. The third-order valence-corrected chi connectivity index (χ3v) is 21.6. The van der Waals surface area contributed by atoms with Crippen LogP contribution in [0.5, 0.6) is 0 Å². The van der Waals surface area contributed by atoms with E-state index in [-0.39, 0.29) is 12.5 Å². The number of para-hydroxylation sites is 8. The molecule has 15 aromatic rings. The van der Waals surface area contributed by atoms with E-state index in [1.54, 1.807) is 12.1 Å². The molecule has 1 aliphatic rings. The van der Waals surface area contributed by atoms with Gasteiger partial charge in [0.05, 0.1) is 44.1 Å². The van der Waals surface area contributed by atoms with E-state index in [4.69, 9.17) is 29.2 Å². The second-order valence-electron chi connectivity index (χ2n) is 29.5. The van der Waals surface area contributed by atoms with Crippen molar-refractivity contribution in [2.24, 2.45) is 5.41 Å². The maximum Gasteiger partial charge on any atom is 0.494 e. The lowest BCUT2D eigenvalue weighted by molar-refractivity contribution is 0.0342. The van der Waals surface area contributed by atoms with Gasteiger partial charge in [-0.15, -0.1) is 0 Å². The maximum absolute atomic E-state index is 10.3. The molecule has 0 spiro atoms. The first-order chi connectivity index (χ1) is 53.9. The van der Waals surface area contributed by atoms with Gasteiger partial charge in [0.25, 0.3) is 0 Å². The summed E-state index contributed by atoms with van der Waals surface area (Å²) in [6, 6.07) is 90.4. The van der Waals surface area contributed by atoms with Crippen molar-refractivity contribution in [1.82, 2.24) is 40.4 Å². The van der Waals surface area contributed by atoms with E-state index < -0.39 is 14.2 Å². The predicted molar refractivity (Wildman–Crippen MR) is 459 cm³/mol. The van der Waals surface area contributed by atoms with E-state index >= 15 is 0 Å². The summed E-state index contributed by atoms with van der Waals surface area (Å²) in [6.07, 6.45) is 6.39. The molecule has 0 radical (unpaired) electrons. The first-order valence-corrected chi connectivity index (χ1v) is 39.7. The van der Waals surface area contributed by atoms with Crippen LogP contribution in [-0.2, 0) is 53.9 Å². The average Bonchev–Trinajstić information content (AvgIpc) is 0.780. The lowest BCUT2D eigenvalue weighted by Crippen LogP contribution is -2.48. The molecule has 0 unspecified atom stereocenters. The smallest absolute Gasteiger partial charge is 0.423 e. The van der Waals surface area contributed by atoms with Crippen LogP contribution in [0.15, 0.2) is 267 Å². The van der Waals surface area contributed by atoms with E-state index in [9.17, 15) is 20.1 Å². The lowest BCUT2D eigenvalue weighted by atomic mass is 9.74. The van der Waals surface area contributed by atoms with Crippen molar-refractivity contribution in [2.75, 3.05) is 39.4 Å². The molecule has 1 fully saturated rings. The third kappa shape index (κ3) is 19.0. The molecule has 16 rings (SSSR count). The summed E-state index contributed by atoms with van der Waals surface area (Å²) < 4.78 is 11.6. The number of hydrogen-bond acceptors (Lipinski definition) is 14. The van der Waals surface area contributed by atoms with E-state index in [1.165, 1.54) is 68.6 Å². The van der Waals surface area contributed by atoms with Crippen LogP contribution in [0, 0.1) is 5.41 Å². The number of hydrogen-bond donors (Lipinski definition) is 6. The summed E-state index contributed by atoms with van der Waals surface area (Å²) in [6.45, 7) is 13.6. The Morgan fingerprint density at radius 2 is 0.636 bits per heavy atom. The van der Waals surface area contributed by atoms with Crippen LogP contribution in [0.3, 0.4) is 0 Å². The molecule has 0 amide bonds. The second kappa shape index (κ2) is 37.4. The Hall–Kier alpha value is -9.63. The lowest BCUT2D eigenvalue weighted by Gasteiger charge is -2.33. The minimum absolute atomic E-state index is 0.125. The highest BCUT2D eigenvalue weighted by molar-refractivity contribution is 9.08. The summed E-state index contributed by atoms with van der Waals surface area (Å²) in [4.78, 5) is 24.4.